The lowest BCUT2D eigenvalue weighted by Crippen LogP contribution is -2.30. The Hall–Kier alpha value is -2.74. The number of hydrogen-bond acceptors (Lipinski definition) is 4. The average molecular weight is 417 g/mol. The molecule has 3 rings (SSSR count). The van der Waals surface area contributed by atoms with Gasteiger partial charge in [0.25, 0.3) is 5.69 Å². The number of sulfonamides is 1. The van der Waals surface area contributed by atoms with Crippen LogP contribution < -0.4 is 4.72 Å². The second-order valence-electron chi connectivity index (χ2n) is 6.20. The van der Waals surface area contributed by atoms with Crippen molar-refractivity contribution in [2.24, 2.45) is 0 Å². The zero-order valence-electron chi connectivity index (χ0n) is 14.7. The molecule has 1 N–H and O–H groups in total. The van der Waals surface area contributed by atoms with E-state index in [0.717, 1.165) is 11.1 Å². The highest BCUT2D eigenvalue weighted by Gasteiger charge is 2.22. The Bertz CT molecular complexity index is 1050. The fourth-order valence-corrected chi connectivity index (χ4v) is 4.26. The van der Waals surface area contributed by atoms with Gasteiger partial charge in [0.15, 0.2) is 0 Å². The summed E-state index contributed by atoms with van der Waals surface area (Å²) < 4.78 is 28.3. The Morgan fingerprint density at radius 3 is 2.04 bits per heavy atom. The summed E-state index contributed by atoms with van der Waals surface area (Å²) in [6.07, 6.45) is 0. The Kier molecular flexibility index (Phi) is 6.08. The van der Waals surface area contributed by atoms with Gasteiger partial charge < -0.3 is 0 Å². The lowest BCUT2D eigenvalue weighted by atomic mass is 10.00. The molecule has 0 saturated carbocycles. The molecule has 0 aliphatic heterocycles. The van der Waals surface area contributed by atoms with Gasteiger partial charge in [0, 0.05) is 17.2 Å². The Balaban J connectivity index is 1.86. The zero-order valence-corrected chi connectivity index (χ0v) is 16.2. The molecular weight excluding hydrogens is 400 g/mol. The second kappa shape index (κ2) is 8.52. The lowest BCUT2D eigenvalue weighted by molar-refractivity contribution is -0.384. The van der Waals surface area contributed by atoms with Gasteiger partial charge in [-0.1, -0.05) is 66.2 Å². The number of hydrogen-bond donors (Lipinski definition) is 1. The predicted octanol–water partition coefficient (Wildman–Crippen LogP) is 4.46. The molecule has 0 aromatic heterocycles. The summed E-state index contributed by atoms with van der Waals surface area (Å²) in [5.41, 5.74) is 1.92. The molecule has 0 spiro atoms. The summed E-state index contributed by atoms with van der Waals surface area (Å²) in [6.45, 7) is 0. The molecule has 0 aliphatic carbocycles. The summed E-state index contributed by atoms with van der Waals surface area (Å²) in [4.78, 5) is 10.2. The van der Waals surface area contributed by atoms with Crippen molar-refractivity contribution in [1.29, 1.82) is 0 Å². The van der Waals surface area contributed by atoms with E-state index in [1.54, 1.807) is 24.3 Å². The quantitative estimate of drug-likeness (QED) is 0.455. The van der Waals surface area contributed by atoms with Gasteiger partial charge in [-0.3, -0.25) is 10.1 Å². The fourth-order valence-electron chi connectivity index (χ4n) is 2.78. The maximum absolute atomic E-state index is 12.8. The number of nitro benzene ring substituents is 1. The first-order valence-electron chi connectivity index (χ1n) is 8.38. The fraction of sp³-hybridized carbons (Fsp3) is 0.100. The highest BCUT2D eigenvalue weighted by molar-refractivity contribution is 7.88. The molecule has 1 unspecified atom stereocenters. The number of non-ortho nitro benzene ring substituents is 1. The van der Waals surface area contributed by atoms with Crippen LogP contribution in [0.5, 0.6) is 0 Å². The molecule has 0 amide bonds. The van der Waals surface area contributed by atoms with Crippen molar-refractivity contribution in [1.82, 2.24) is 4.72 Å². The molecule has 0 aliphatic rings. The third-order valence-electron chi connectivity index (χ3n) is 4.14. The van der Waals surface area contributed by atoms with Crippen molar-refractivity contribution in [3.63, 3.8) is 0 Å². The van der Waals surface area contributed by atoms with Crippen LogP contribution in [0.1, 0.15) is 22.7 Å². The van der Waals surface area contributed by atoms with E-state index in [9.17, 15) is 18.5 Å². The smallest absolute Gasteiger partial charge is 0.258 e. The molecule has 3 aromatic rings. The minimum Gasteiger partial charge on any atom is -0.258 e. The Morgan fingerprint density at radius 2 is 1.46 bits per heavy atom. The lowest BCUT2D eigenvalue weighted by Gasteiger charge is -2.20. The number of halogens is 1. The monoisotopic (exact) mass is 416 g/mol. The normalized spacial score (nSPS) is 12.5. The first-order valence-corrected chi connectivity index (χ1v) is 10.4. The van der Waals surface area contributed by atoms with Crippen molar-refractivity contribution in [2.75, 3.05) is 0 Å². The molecular formula is C20H17ClN2O4S. The Labute approximate surface area is 168 Å². The molecule has 0 radical (unpaired) electrons. The van der Waals surface area contributed by atoms with Crippen LogP contribution in [0.15, 0.2) is 78.9 Å². The summed E-state index contributed by atoms with van der Waals surface area (Å²) in [6, 6.07) is 21.0. The predicted molar refractivity (Wildman–Crippen MR) is 109 cm³/mol. The molecule has 0 bridgehead atoms. The van der Waals surface area contributed by atoms with Gasteiger partial charge in [-0.25, -0.2) is 13.1 Å². The molecule has 6 nitrogen and oxygen atoms in total. The van der Waals surface area contributed by atoms with Crippen molar-refractivity contribution < 1.29 is 13.3 Å². The maximum Gasteiger partial charge on any atom is 0.269 e. The number of nitrogens with zero attached hydrogens (tertiary/aromatic N) is 1. The molecule has 1 atom stereocenters. The third kappa shape index (κ3) is 5.16. The SMILES string of the molecule is O=[N+]([O-])c1ccc(CS(=O)(=O)NC(c2ccccc2)c2ccc(Cl)cc2)cc1. The molecule has 0 saturated heterocycles. The number of nitrogens with one attached hydrogen (secondary N) is 1. The Morgan fingerprint density at radius 1 is 0.893 bits per heavy atom. The van der Waals surface area contributed by atoms with Gasteiger partial charge in [-0.15, -0.1) is 0 Å². The van der Waals surface area contributed by atoms with E-state index in [1.807, 2.05) is 30.3 Å². The van der Waals surface area contributed by atoms with E-state index >= 15 is 0 Å². The molecule has 0 heterocycles. The van der Waals surface area contributed by atoms with E-state index in [-0.39, 0.29) is 11.4 Å². The standard InChI is InChI=1S/C20H17ClN2O4S/c21-18-10-8-17(9-11-18)20(16-4-2-1-3-5-16)22-28(26,27)14-15-6-12-19(13-7-15)23(24)25/h1-13,20,22H,14H2. The van der Waals surface area contributed by atoms with Gasteiger partial charge >= 0.3 is 0 Å². The van der Waals surface area contributed by atoms with E-state index in [1.165, 1.54) is 24.3 Å². The van der Waals surface area contributed by atoms with Gasteiger partial charge in [-0.05, 0) is 28.8 Å². The van der Waals surface area contributed by atoms with Crippen LogP contribution in [-0.2, 0) is 15.8 Å². The van der Waals surface area contributed by atoms with E-state index in [4.69, 9.17) is 11.6 Å². The second-order valence-corrected chi connectivity index (χ2v) is 8.39. The third-order valence-corrected chi connectivity index (χ3v) is 5.70. The highest BCUT2D eigenvalue weighted by atomic mass is 35.5. The summed E-state index contributed by atoms with van der Waals surface area (Å²) in [5.74, 6) is -0.290. The molecule has 144 valence electrons. The molecule has 28 heavy (non-hydrogen) atoms. The van der Waals surface area contributed by atoms with Crippen LogP contribution in [0, 0.1) is 10.1 Å². The van der Waals surface area contributed by atoms with Gasteiger partial charge in [-0.2, -0.15) is 0 Å². The van der Waals surface area contributed by atoms with Crippen LogP contribution >= 0.6 is 11.6 Å². The minimum absolute atomic E-state index is 0.0857. The molecule has 8 heteroatoms. The van der Waals surface area contributed by atoms with Gasteiger partial charge in [0.05, 0.1) is 16.7 Å². The number of benzene rings is 3. The number of rotatable bonds is 7. The largest absolute Gasteiger partial charge is 0.269 e. The van der Waals surface area contributed by atoms with Crippen LogP contribution in [0.4, 0.5) is 5.69 Å². The molecule has 3 aromatic carbocycles. The maximum atomic E-state index is 12.8. The van der Waals surface area contributed by atoms with Crippen molar-refractivity contribution in [2.45, 2.75) is 11.8 Å². The van der Waals surface area contributed by atoms with Crippen LogP contribution in [-0.4, -0.2) is 13.3 Å². The molecule has 0 fully saturated rings. The topological polar surface area (TPSA) is 89.3 Å². The highest BCUT2D eigenvalue weighted by Crippen LogP contribution is 2.25. The van der Waals surface area contributed by atoms with Crippen LogP contribution in [0.25, 0.3) is 0 Å². The van der Waals surface area contributed by atoms with Gasteiger partial charge in [0.2, 0.25) is 10.0 Å². The number of nitro groups is 1. The van der Waals surface area contributed by atoms with Crippen molar-refractivity contribution in [3.05, 3.63) is 111 Å². The average Bonchev–Trinajstić information content (AvgIpc) is 2.68. The summed E-state index contributed by atoms with van der Waals surface area (Å²) in [7, 11) is -3.73. The summed E-state index contributed by atoms with van der Waals surface area (Å²) >= 11 is 5.95. The first-order chi connectivity index (χ1) is 13.3. The van der Waals surface area contributed by atoms with Crippen LogP contribution in [0.2, 0.25) is 5.02 Å². The first kappa shape index (κ1) is 20.0. The van der Waals surface area contributed by atoms with E-state index < -0.39 is 21.0 Å². The van der Waals surface area contributed by atoms with Crippen LogP contribution in [0.3, 0.4) is 0 Å². The van der Waals surface area contributed by atoms with Crippen molar-refractivity contribution in [3.8, 4) is 0 Å². The van der Waals surface area contributed by atoms with E-state index in [2.05, 4.69) is 4.72 Å². The van der Waals surface area contributed by atoms with E-state index in [0.29, 0.717) is 10.6 Å². The zero-order chi connectivity index (χ0) is 20.1. The van der Waals surface area contributed by atoms with Crippen molar-refractivity contribution >= 4 is 27.3 Å². The summed E-state index contributed by atoms with van der Waals surface area (Å²) in [5, 5.41) is 11.3. The minimum atomic E-state index is -3.73. The van der Waals surface area contributed by atoms with Gasteiger partial charge in [0.1, 0.15) is 0 Å².